The Morgan fingerprint density at radius 2 is 1.09 bits per heavy atom. The summed E-state index contributed by atoms with van der Waals surface area (Å²) in [6, 6.07) is 14.0. The summed E-state index contributed by atoms with van der Waals surface area (Å²) in [6.07, 6.45) is 22.1. The first kappa shape index (κ1) is 38.7. The Hall–Kier alpha value is -5.60. The van der Waals surface area contributed by atoms with Crippen LogP contribution in [-0.2, 0) is 0 Å². The van der Waals surface area contributed by atoms with Gasteiger partial charge < -0.3 is 20.1 Å². The maximum atomic E-state index is 14.1. The lowest BCUT2D eigenvalue weighted by Gasteiger charge is -2.32. The number of halogens is 2. The van der Waals surface area contributed by atoms with Crippen molar-refractivity contribution < 1.29 is 18.3 Å². The molecule has 2 saturated carbocycles. The van der Waals surface area contributed by atoms with E-state index in [0.717, 1.165) is 49.7 Å². The van der Waals surface area contributed by atoms with Crippen molar-refractivity contribution in [1.29, 1.82) is 0 Å². The minimum Gasteiger partial charge on any atom is -0.489 e. The summed E-state index contributed by atoms with van der Waals surface area (Å²) < 4.78 is 43.2. The summed E-state index contributed by atoms with van der Waals surface area (Å²) in [5.41, 5.74) is 9.59. The Balaban J connectivity index is 0.000000172. The number of rotatable bonds is 11. The van der Waals surface area contributed by atoms with Gasteiger partial charge in [0.2, 0.25) is 0 Å². The van der Waals surface area contributed by atoms with Gasteiger partial charge in [-0.05, 0) is 102 Å². The third-order valence-corrected chi connectivity index (χ3v) is 10.7. The Bertz CT molecular complexity index is 2160. The zero-order valence-corrected chi connectivity index (χ0v) is 31.8. The van der Waals surface area contributed by atoms with Gasteiger partial charge in [-0.1, -0.05) is 24.3 Å². The molecule has 0 bridgehead atoms. The molecule has 0 radical (unpaired) electrons. The molecule has 4 heterocycles. The quantitative estimate of drug-likeness (QED) is 0.143. The predicted octanol–water partition coefficient (Wildman–Crippen LogP) is 7.33. The SMILES string of the molecule is CN(C)C1CCC(COc2cncnc2-c2cnn(-c3ccccc3F)c2)CC1.NC1CCC(COc2cncnc2-c2cnn(-c3ccccc3F)c2)CC1. The lowest BCUT2D eigenvalue weighted by atomic mass is 9.86. The summed E-state index contributed by atoms with van der Waals surface area (Å²) >= 11 is 0. The maximum absolute atomic E-state index is 14.1. The molecule has 0 spiro atoms. The van der Waals surface area contributed by atoms with E-state index >= 15 is 0 Å². The number of hydrogen-bond donors (Lipinski definition) is 1. The average molecular weight is 763 g/mol. The minimum absolute atomic E-state index is 0.320. The molecule has 2 N–H and O–H groups in total. The number of ether oxygens (including phenoxy) is 2. The normalized spacial score (nSPS) is 19.6. The highest BCUT2D eigenvalue weighted by Crippen LogP contribution is 2.32. The van der Waals surface area contributed by atoms with Crippen LogP contribution >= 0.6 is 0 Å². The molecule has 8 rings (SSSR count). The molecule has 4 aromatic heterocycles. The second-order valence-corrected chi connectivity index (χ2v) is 14.8. The summed E-state index contributed by atoms with van der Waals surface area (Å²) in [4.78, 5) is 19.3. The van der Waals surface area contributed by atoms with Gasteiger partial charge >= 0.3 is 0 Å². The smallest absolute Gasteiger partial charge is 0.163 e. The van der Waals surface area contributed by atoms with Crippen molar-refractivity contribution in [1.82, 2.24) is 44.4 Å². The molecule has 0 atom stereocenters. The number of para-hydroxylation sites is 2. The second-order valence-electron chi connectivity index (χ2n) is 14.8. The molecule has 12 nitrogen and oxygen atoms in total. The van der Waals surface area contributed by atoms with Crippen molar-refractivity contribution in [2.24, 2.45) is 17.6 Å². The molecule has 6 aromatic rings. The summed E-state index contributed by atoms with van der Waals surface area (Å²) in [7, 11) is 4.30. The third-order valence-electron chi connectivity index (χ3n) is 10.7. The molecular weight excluding hydrogens is 715 g/mol. The van der Waals surface area contributed by atoms with E-state index in [2.05, 4.69) is 49.1 Å². The number of nitrogens with two attached hydrogens (primary N) is 1. The molecule has 56 heavy (non-hydrogen) atoms. The van der Waals surface area contributed by atoms with Crippen LogP contribution in [0, 0.1) is 23.5 Å². The molecule has 0 aliphatic heterocycles. The van der Waals surface area contributed by atoms with Gasteiger partial charge in [0, 0.05) is 35.6 Å². The summed E-state index contributed by atoms with van der Waals surface area (Å²) in [6.45, 7) is 1.27. The van der Waals surface area contributed by atoms with E-state index in [9.17, 15) is 8.78 Å². The standard InChI is InChI=1S/C22H26FN5O.C20H22FN5O/c1-27(2)18-9-7-16(8-10-18)14-29-21-12-24-15-25-22(21)17-11-26-28(13-17)20-6-4-3-5-19(20)23;21-17-3-1-2-4-18(17)26-11-15(9-25-26)20-19(10-23-13-24-20)27-12-14-5-7-16(22)8-6-14/h3-6,11-13,15-16,18H,7-10,14H2,1-2H3;1-4,9-11,13-14,16H,5-8,12,22H2. The van der Waals surface area contributed by atoms with Crippen LogP contribution in [0.2, 0.25) is 0 Å². The topological polar surface area (TPSA) is 135 Å². The monoisotopic (exact) mass is 762 g/mol. The highest BCUT2D eigenvalue weighted by Gasteiger charge is 2.24. The molecule has 2 aromatic carbocycles. The van der Waals surface area contributed by atoms with Crippen LogP contribution in [0.4, 0.5) is 8.78 Å². The van der Waals surface area contributed by atoms with E-state index in [4.69, 9.17) is 15.2 Å². The first-order chi connectivity index (χ1) is 27.3. The molecule has 2 fully saturated rings. The van der Waals surface area contributed by atoms with E-state index in [1.54, 1.807) is 73.6 Å². The van der Waals surface area contributed by atoms with E-state index in [-0.39, 0.29) is 11.6 Å². The van der Waals surface area contributed by atoms with Crippen LogP contribution in [0.1, 0.15) is 51.4 Å². The van der Waals surface area contributed by atoms with Gasteiger partial charge in [-0.15, -0.1) is 0 Å². The van der Waals surface area contributed by atoms with Gasteiger partial charge in [0.1, 0.15) is 47.1 Å². The molecule has 0 amide bonds. The molecule has 2 aliphatic carbocycles. The van der Waals surface area contributed by atoms with Crippen molar-refractivity contribution >= 4 is 0 Å². The van der Waals surface area contributed by atoms with Crippen LogP contribution in [0.25, 0.3) is 33.9 Å². The van der Waals surface area contributed by atoms with Crippen LogP contribution in [-0.4, -0.2) is 83.8 Å². The Morgan fingerprint density at radius 3 is 1.54 bits per heavy atom. The fraction of sp³-hybridized carbons (Fsp3) is 0.381. The fourth-order valence-electron chi connectivity index (χ4n) is 7.31. The largest absolute Gasteiger partial charge is 0.489 e. The highest BCUT2D eigenvalue weighted by molar-refractivity contribution is 5.65. The number of nitrogens with zero attached hydrogens (tertiary/aromatic N) is 9. The van der Waals surface area contributed by atoms with Crippen LogP contribution in [0.3, 0.4) is 0 Å². The van der Waals surface area contributed by atoms with Crippen molar-refractivity contribution in [3.63, 3.8) is 0 Å². The van der Waals surface area contributed by atoms with Crippen LogP contribution < -0.4 is 15.2 Å². The molecule has 0 unspecified atom stereocenters. The lowest BCUT2D eigenvalue weighted by Crippen LogP contribution is -2.33. The Kier molecular flexibility index (Phi) is 12.7. The third kappa shape index (κ3) is 9.61. The molecule has 292 valence electrons. The van der Waals surface area contributed by atoms with E-state index < -0.39 is 0 Å². The van der Waals surface area contributed by atoms with Gasteiger partial charge in [-0.3, -0.25) is 0 Å². The van der Waals surface area contributed by atoms with Crippen molar-refractivity contribution in [2.75, 3.05) is 27.3 Å². The maximum Gasteiger partial charge on any atom is 0.163 e. The zero-order chi connectivity index (χ0) is 38.9. The summed E-state index contributed by atoms with van der Waals surface area (Å²) in [5, 5.41) is 8.57. The Labute approximate surface area is 325 Å². The first-order valence-corrected chi connectivity index (χ1v) is 19.2. The average Bonchev–Trinajstić information content (AvgIpc) is 3.92. The van der Waals surface area contributed by atoms with Gasteiger partial charge in [-0.25, -0.2) is 38.1 Å². The number of benzene rings is 2. The molecule has 0 saturated heterocycles. The van der Waals surface area contributed by atoms with Crippen molar-refractivity contribution in [3.05, 3.63) is 110 Å². The van der Waals surface area contributed by atoms with Crippen LogP contribution in [0.5, 0.6) is 11.5 Å². The fourth-order valence-corrected chi connectivity index (χ4v) is 7.31. The van der Waals surface area contributed by atoms with Crippen molar-refractivity contribution in [3.8, 4) is 45.4 Å². The predicted molar refractivity (Wildman–Crippen MR) is 209 cm³/mol. The van der Waals surface area contributed by atoms with E-state index in [0.29, 0.717) is 71.4 Å². The summed E-state index contributed by atoms with van der Waals surface area (Å²) in [5.74, 6) is 1.63. The number of aromatic nitrogens is 8. The van der Waals surface area contributed by atoms with E-state index in [1.165, 1.54) is 47.0 Å². The molecule has 14 heteroatoms. The van der Waals surface area contributed by atoms with Crippen LogP contribution in [0.15, 0.2) is 98.4 Å². The van der Waals surface area contributed by atoms with Gasteiger partial charge in [0.05, 0.1) is 38.0 Å². The first-order valence-electron chi connectivity index (χ1n) is 19.2. The van der Waals surface area contributed by atoms with Gasteiger partial charge in [-0.2, -0.15) is 10.2 Å². The minimum atomic E-state index is -0.332. The van der Waals surface area contributed by atoms with Crippen molar-refractivity contribution in [2.45, 2.75) is 63.5 Å². The Morgan fingerprint density at radius 1 is 0.643 bits per heavy atom. The molecule has 2 aliphatic rings. The van der Waals surface area contributed by atoms with Gasteiger partial charge in [0.15, 0.2) is 11.5 Å². The van der Waals surface area contributed by atoms with Gasteiger partial charge in [0.25, 0.3) is 0 Å². The number of hydrogen-bond acceptors (Lipinski definition) is 10. The highest BCUT2D eigenvalue weighted by atomic mass is 19.1. The zero-order valence-electron chi connectivity index (χ0n) is 31.8. The van der Waals surface area contributed by atoms with E-state index in [1.807, 2.05) is 0 Å². The second kappa shape index (κ2) is 18.4. The lowest BCUT2D eigenvalue weighted by molar-refractivity contribution is 0.151. The molecular formula is C42H48F2N10O2.